The number of nitrogens with one attached hydrogen (secondary N) is 2. The Morgan fingerprint density at radius 3 is 2.45 bits per heavy atom. The summed E-state index contributed by atoms with van der Waals surface area (Å²) >= 11 is 0. The van der Waals surface area contributed by atoms with Gasteiger partial charge in [0, 0.05) is 0 Å². The molecule has 0 radical (unpaired) electrons. The molecule has 0 saturated carbocycles. The smallest absolute Gasteiger partial charge is 0.332 e. The molecule has 4 N–H and O–H groups in total. The number of carbonyl (C=O) groups is 4. The number of benzene rings is 1. The molecule has 1 aliphatic heterocycles. The maximum absolute atomic E-state index is 12.6. The summed E-state index contributed by atoms with van der Waals surface area (Å²) in [6.07, 6.45) is -2.74. The van der Waals surface area contributed by atoms with Crippen LogP contribution in [0.5, 0.6) is 5.75 Å². The van der Waals surface area contributed by atoms with Crippen molar-refractivity contribution in [3.8, 4) is 5.75 Å². The van der Waals surface area contributed by atoms with Gasteiger partial charge >= 0.3 is 11.9 Å². The molecule has 29 heavy (non-hydrogen) atoms. The molecule has 0 unspecified atom stereocenters. The second-order valence-corrected chi connectivity index (χ2v) is 6.70. The fourth-order valence-electron chi connectivity index (χ4n) is 3.03. The molecule has 2 rings (SSSR count). The van der Waals surface area contributed by atoms with Crippen LogP contribution in [0.4, 0.5) is 5.69 Å². The van der Waals surface area contributed by atoms with E-state index in [1.807, 2.05) is 0 Å². The van der Waals surface area contributed by atoms with Crippen LogP contribution in [0.2, 0.25) is 0 Å². The van der Waals surface area contributed by atoms with E-state index in [1.165, 1.54) is 32.0 Å². The van der Waals surface area contributed by atoms with Crippen molar-refractivity contribution in [1.29, 1.82) is 0 Å². The van der Waals surface area contributed by atoms with Crippen molar-refractivity contribution < 1.29 is 38.9 Å². The topological polar surface area (TPSA) is 151 Å². The summed E-state index contributed by atoms with van der Waals surface area (Å²) in [7, 11) is 0. The molecule has 0 aliphatic carbocycles. The lowest BCUT2D eigenvalue weighted by atomic mass is 9.96. The molecular weight excluding hydrogens is 384 g/mol. The minimum absolute atomic E-state index is 0.00620. The zero-order valence-corrected chi connectivity index (χ0v) is 16.2. The van der Waals surface area contributed by atoms with Crippen LogP contribution in [0.15, 0.2) is 18.2 Å². The van der Waals surface area contributed by atoms with Crippen molar-refractivity contribution in [2.24, 2.45) is 5.92 Å². The van der Waals surface area contributed by atoms with E-state index in [1.54, 1.807) is 6.92 Å². The maximum Gasteiger partial charge on any atom is 0.332 e. The van der Waals surface area contributed by atoms with Crippen LogP contribution in [0.1, 0.15) is 37.6 Å². The number of anilines is 1. The second kappa shape index (κ2) is 9.37. The SMILES string of the molecule is CC[C@H]1C(=O)O[C@H](C)[C@H](NC(=O)c2cccc(NC=O)c2O)C(=O)O[C@@H](C)[C@@H]1O. The monoisotopic (exact) mass is 408 g/mol. The summed E-state index contributed by atoms with van der Waals surface area (Å²) in [6.45, 7) is 4.53. The van der Waals surface area contributed by atoms with Crippen LogP contribution < -0.4 is 10.6 Å². The molecule has 1 aliphatic rings. The fourth-order valence-corrected chi connectivity index (χ4v) is 3.03. The lowest BCUT2D eigenvalue weighted by molar-refractivity contribution is -0.159. The molecule has 0 bridgehead atoms. The highest BCUT2D eigenvalue weighted by Gasteiger charge is 2.40. The number of cyclic esters (lactones) is 2. The molecule has 1 aromatic rings. The zero-order chi connectivity index (χ0) is 21.7. The first-order valence-electron chi connectivity index (χ1n) is 9.13. The van der Waals surface area contributed by atoms with Crippen LogP contribution in [0, 0.1) is 5.92 Å². The van der Waals surface area contributed by atoms with Crippen LogP contribution in [0.25, 0.3) is 0 Å². The van der Waals surface area contributed by atoms with Gasteiger partial charge < -0.3 is 30.3 Å². The third-order valence-corrected chi connectivity index (χ3v) is 4.74. The molecule has 10 heteroatoms. The molecule has 10 nitrogen and oxygen atoms in total. The van der Waals surface area contributed by atoms with E-state index in [0.717, 1.165) is 0 Å². The number of phenols is 1. The van der Waals surface area contributed by atoms with Gasteiger partial charge in [-0.25, -0.2) is 4.79 Å². The first-order chi connectivity index (χ1) is 13.7. The second-order valence-electron chi connectivity index (χ2n) is 6.70. The van der Waals surface area contributed by atoms with Gasteiger partial charge in [0.05, 0.1) is 17.2 Å². The van der Waals surface area contributed by atoms with Gasteiger partial charge in [-0.3, -0.25) is 14.4 Å². The van der Waals surface area contributed by atoms with Gasteiger partial charge in [0.2, 0.25) is 6.41 Å². The Kier molecular flexibility index (Phi) is 7.16. The van der Waals surface area contributed by atoms with E-state index in [0.29, 0.717) is 6.41 Å². The van der Waals surface area contributed by atoms with Crippen molar-refractivity contribution in [3.05, 3.63) is 23.8 Å². The summed E-state index contributed by atoms with van der Waals surface area (Å²) in [4.78, 5) is 48.1. The first kappa shape index (κ1) is 22.2. The van der Waals surface area contributed by atoms with Crippen molar-refractivity contribution in [3.63, 3.8) is 0 Å². The summed E-state index contributed by atoms with van der Waals surface area (Å²) in [5.74, 6) is -3.83. The molecule has 158 valence electrons. The standard InChI is InChI=1S/C19H24N2O8/c1-4-11-15(23)10(3)29-19(27)14(9(2)28-18(11)26)21-17(25)12-6-5-7-13(16(12)24)20-8-22/h5-11,14-15,23-24H,4H2,1-3H3,(H,20,22)(H,21,25)/t9-,10+,11-,14+,15+/m1/s1. The van der Waals surface area contributed by atoms with E-state index < -0.39 is 53.9 Å². The number of hydrogen-bond donors (Lipinski definition) is 4. The Morgan fingerprint density at radius 2 is 1.83 bits per heavy atom. The van der Waals surface area contributed by atoms with Crippen LogP contribution in [0.3, 0.4) is 0 Å². The molecule has 1 fully saturated rings. The minimum Gasteiger partial charge on any atom is -0.505 e. The number of rotatable bonds is 5. The molecule has 0 spiro atoms. The summed E-state index contributed by atoms with van der Waals surface area (Å²) < 4.78 is 10.5. The lowest BCUT2D eigenvalue weighted by Gasteiger charge is -2.24. The van der Waals surface area contributed by atoms with Crippen LogP contribution in [-0.4, -0.2) is 58.8 Å². The highest BCUT2D eigenvalue weighted by molar-refractivity contribution is 6.01. The average molecular weight is 408 g/mol. The van der Waals surface area contributed by atoms with Crippen LogP contribution in [-0.2, 0) is 23.9 Å². The van der Waals surface area contributed by atoms with Crippen molar-refractivity contribution in [2.75, 3.05) is 5.32 Å². The Hall–Kier alpha value is -3.14. The number of aliphatic hydroxyl groups is 1. The predicted molar refractivity (Wildman–Crippen MR) is 99.9 cm³/mol. The Labute approximate surface area is 167 Å². The van der Waals surface area contributed by atoms with Gasteiger partial charge in [-0.2, -0.15) is 0 Å². The maximum atomic E-state index is 12.6. The number of esters is 2. The third-order valence-electron chi connectivity index (χ3n) is 4.74. The normalized spacial score (nSPS) is 27.5. The highest BCUT2D eigenvalue weighted by Crippen LogP contribution is 2.27. The first-order valence-corrected chi connectivity index (χ1v) is 9.13. The number of hydrogen-bond acceptors (Lipinski definition) is 8. The Balaban J connectivity index is 2.29. The van der Waals surface area contributed by atoms with Gasteiger partial charge in [-0.15, -0.1) is 0 Å². The largest absolute Gasteiger partial charge is 0.505 e. The summed E-state index contributed by atoms with van der Waals surface area (Å²) in [6, 6.07) is 2.72. The van der Waals surface area contributed by atoms with Gasteiger partial charge in [0.1, 0.15) is 18.3 Å². The Morgan fingerprint density at radius 1 is 1.17 bits per heavy atom. The van der Waals surface area contributed by atoms with Crippen molar-refractivity contribution in [2.45, 2.75) is 51.5 Å². The third kappa shape index (κ3) is 4.83. The number of aromatic hydroxyl groups is 1. The lowest BCUT2D eigenvalue weighted by Crippen LogP contribution is -2.50. The molecule has 2 amide bonds. The zero-order valence-electron chi connectivity index (χ0n) is 16.2. The molecule has 1 saturated heterocycles. The van der Waals surface area contributed by atoms with Gasteiger partial charge in [0.15, 0.2) is 11.8 Å². The van der Waals surface area contributed by atoms with Crippen molar-refractivity contribution >= 4 is 29.9 Å². The predicted octanol–water partition coefficient (Wildman–Crippen LogP) is 0.323. The van der Waals surface area contributed by atoms with E-state index in [9.17, 15) is 29.4 Å². The van der Waals surface area contributed by atoms with Gasteiger partial charge in [-0.05, 0) is 32.4 Å². The van der Waals surface area contributed by atoms with E-state index in [4.69, 9.17) is 9.47 Å². The summed E-state index contributed by atoms with van der Waals surface area (Å²) in [5.41, 5.74) is -0.200. The number of aliphatic hydroxyl groups excluding tert-OH is 1. The molecule has 5 atom stereocenters. The average Bonchev–Trinajstić information content (AvgIpc) is 2.69. The fraction of sp³-hybridized carbons (Fsp3) is 0.474. The number of para-hydroxylation sites is 1. The van der Waals surface area contributed by atoms with E-state index in [2.05, 4.69) is 10.6 Å². The van der Waals surface area contributed by atoms with Gasteiger partial charge in [0.25, 0.3) is 5.91 Å². The summed E-state index contributed by atoms with van der Waals surface area (Å²) in [5, 5.41) is 25.1. The van der Waals surface area contributed by atoms with Crippen molar-refractivity contribution in [1.82, 2.24) is 5.32 Å². The number of carbonyl (C=O) groups excluding carboxylic acids is 4. The van der Waals surface area contributed by atoms with Crippen LogP contribution >= 0.6 is 0 Å². The molecule has 1 aromatic carbocycles. The molecule has 1 heterocycles. The van der Waals surface area contributed by atoms with Gasteiger partial charge in [-0.1, -0.05) is 13.0 Å². The van der Waals surface area contributed by atoms with E-state index >= 15 is 0 Å². The Bertz CT molecular complexity index is 796. The molecular formula is C19H24N2O8. The highest BCUT2D eigenvalue weighted by atomic mass is 16.6. The number of amides is 2. The number of phenolic OH excluding ortho intramolecular Hbond substituents is 1. The quantitative estimate of drug-likeness (QED) is 0.309. The van der Waals surface area contributed by atoms with E-state index in [-0.39, 0.29) is 17.7 Å². The molecule has 0 aromatic heterocycles. The number of ether oxygens (including phenoxy) is 2. The minimum atomic E-state index is -1.38.